The highest BCUT2D eigenvalue weighted by Crippen LogP contribution is 2.28. The van der Waals surface area contributed by atoms with Gasteiger partial charge in [0.2, 0.25) is 0 Å². The normalized spacial score (nSPS) is 11.8. The second-order valence-electron chi connectivity index (χ2n) is 10.3. The van der Waals surface area contributed by atoms with Gasteiger partial charge in [-0.1, -0.05) is 5.92 Å². The third-order valence-corrected chi connectivity index (χ3v) is 5.02. The first-order valence-electron chi connectivity index (χ1n) is 11.5. The Labute approximate surface area is 209 Å². The maximum absolute atomic E-state index is 12.8. The zero-order valence-corrected chi connectivity index (χ0v) is 21.2. The molecule has 36 heavy (non-hydrogen) atoms. The average Bonchev–Trinajstić information content (AvgIpc) is 3.45. The molecule has 0 unspecified atom stereocenters. The van der Waals surface area contributed by atoms with Gasteiger partial charge >= 0.3 is 12.2 Å². The highest BCUT2D eigenvalue weighted by Gasteiger charge is 2.23. The number of carbonyl (C=O) groups is 2. The number of carbonyl (C=O) groups excluding carboxylic acids is 2. The highest BCUT2D eigenvalue weighted by molar-refractivity contribution is 5.87. The number of hydrogen-bond donors (Lipinski definition) is 0. The van der Waals surface area contributed by atoms with E-state index < -0.39 is 23.4 Å². The lowest BCUT2D eigenvalue weighted by Crippen LogP contribution is -2.27. The molecule has 0 aliphatic rings. The van der Waals surface area contributed by atoms with E-state index in [0.717, 1.165) is 5.39 Å². The molecule has 0 N–H and O–H groups in total. The number of pyridine rings is 2. The maximum atomic E-state index is 12.8. The molecule has 0 aromatic carbocycles. The molecule has 4 aromatic heterocycles. The lowest BCUT2D eigenvalue weighted by molar-refractivity contribution is 0.0528. The Hall–Kier alpha value is -4.38. The van der Waals surface area contributed by atoms with E-state index in [9.17, 15) is 9.59 Å². The van der Waals surface area contributed by atoms with Gasteiger partial charge in [-0.3, -0.25) is 9.13 Å². The second kappa shape index (κ2) is 9.00. The molecule has 184 valence electrons. The van der Waals surface area contributed by atoms with Gasteiger partial charge < -0.3 is 9.47 Å². The molecule has 8 nitrogen and oxygen atoms in total. The first kappa shape index (κ1) is 24.7. The van der Waals surface area contributed by atoms with Crippen LogP contribution in [0.15, 0.2) is 54.9 Å². The van der Waals surface area contributed by atoms with Crippen molar-refractivity contribution in [2.75, 3.05) is 0 Å². The number of nitrogens with zero attached hydrogens (tertiary/aromatic N) is 4. The van der Waals surface area contributed by atoms with E-state index in [-0.39, 0.29) is 0 Å². The minimum atomic E-state index is -0.663. The molecule has 0 aliphatic carbocycles. The summed E-state index contributed by atoms with van der Waals surface area (Å²) in [6.45, 7) is 10.8. The molecular formula is C28H28N4O4. The molecule has 4 aromatic rings. The summed E-state index contributed by atoms with van der Waals surface area (Å²) in [5.41, 5.74) is 1.63. The van der Waals surface area contributed by atoms with Crippen molar-refractivity contribution >= 4 is 23.2 Å². The van der Waals surface area contributed by atoms with Gasteiger partial charge in [0, 0.05) is 17.8 Å². The number of fused-ring (bicyclic) bond motifs is 1. The summed E-state index contributed by atoms with van der Waals surface area (Å²) in [6, 6.07) is 12.4. The molecular weight excluding hydrogens is 456 g/mol. The average molecular weight is 485 g/mol. The molecule has 0 aliphatic heterocycles. The molecule has 0 bridgehead atoms. The summed E-state index contributed by atoms with van der Waals surface area (Å²) < 4.78 is 13.8. The van der Waals surface area contributed by atoms with Gasteiger partial charge in [0.05, 0.1) is 22.6 Å². The van der Waals surface area contributed by atoms with E-state index in [1.165, 1.54) is 9.13 Å². The predicted octanol–water partition coefficient (Wildman–Crippen LogP) is 6.11. The van der Waals surface area contributed by atoms with Crippen LogP contribution < -0.4 is 0 Å². The smallest absolute Gasteiger partial charge is 0.419 e. The van der Waals surface area contributed by atoms with Crippen LogP contribution >= 0.6 is 0 Å². The lowest BCUT2D eigenvalue weighted by Gasteiger charge is -2.20. The Balaban J connectivity index is 1.80. The van der Waals surface area contributed by atoms with Crippen molar-refractivity contribution in [3.63, 3.8) is 0 Å². The van der Waals surface area contributed by atoms with Crippen LogP contribution in [0.1, 0.15) is 47.1 Å². The van der Waals surface area contributed by atoms with Crippen molar-refractivity contribution in [3.8, 4) is 35.1 Å². The quantitative estimate of drug-likeness (QED) is 0.319. The minimum absolute atomic E-state index is 0.412. The third-order valence-electron chi connectivity index (χ3n) is 5.02. The van der Waals surface area contributed by atoms with Crippen molar-refractivity contribution in [2.24, 2.45) is 0 Å². The Morgan fingerprint density at radius 3 is 1.94 bits per heavy atom. The molecule has 4 heterocycles. The zero-order chi connectivity index (χ0) is 26.3. The van der Waals surface area contributed by atoms with Crippen LogP contribution in [0.25, 0.3) is 33.8 Å². The molecule has 0 fully saturated rings. The van der Waals surface area contributed by atoms with Gasteiger partial charge in [-0.05, 0) is 84.0 Å². The molecule has 0 saturated carbocycles. The summed E-state index contributed by atoms with van der Waals surface area (Å²) in [7, 11) is 0. The van der Waals surface area contributed by atoms with Crippen LogP contribution in [0.2, 0.25) is 0 Å². The van der Waals surface area contributed by atoms with Crippen LogP contribution in [0.4, 0.5) is 9.59 Å². The fourth-order valence-electron chi connectivity index (χ4n) is 3.60. The van der Waals surface area contributed by atoms with Crippen LogP contribution in [0.5, 0.6) is 0 Å². The standard InChI is InChI=1S/C28H28N4O4/c1-8-18-17-19-13-14-20(21-11-9-15-31(21)25(33)35-27(2,3)4)29-24(19)30-23(18)22-12-10-16-32(22)26(34)36-28(5,6)7/h1,9-17H,2-7H3. The van der Waals surface area contributed by atoms with Crippen LogP contribution in [0.3, 0.4) is 0 Å². The first-order valence-corrected chi connectivity index (χ1v) is 11.5. The van der Waals surface area contributed by atoms with E-state index in [2.05, 4.69) is 5.92 Å². The largest absolute Gasteiger partial charge is 0.443 e. The minimum Gasteiger partial charge on any atom is -0.443 e. The van der Waals surface area contributed by atoms with Gasteiger partial charge in [-0.2, -0.15) is 0 Å². The molecule has 4 rings (SSSR count). The van der Waals surface area contributed by atoms with Crippen molar-refractivity contribution in [1.29, 1.82) is 0 Å². The van der Waals surface area contributed by atoms with Gasteiger partial charge in [0.25, 0.3) is 0 Å². The van der Waals surface area contributed by atoms with Crippen molar-refractivity contribution in [2.45, 2.75) is 52.7 Å². The van der Waals surface area contributed by atoms with E-state index in [4.69, 9.17) is 25.9 Å². The Kier molecular flexibility index (Phi) is 6.19. The number of hydrogen-bond acceptors (Lipinski definition) is 6. The molecule has 8 heteroatoms. The first-order chi connectivity index (χ1) is 16.9. The molecule has 0 spiro atoms. The van der Waals surface area contributed by atoms with E-state index in [1.54, 1.807) is 69.6 Å². The number of aromatic nitrogens is 4. The SMILES string of the molecule is C#Cc1cc2ccc(-c3cccn3C(=O)OC(C)(C)C)nc2nc1-c1cccn1C(=O)OC(C)(C)C. The second-order valence-corrected chi connectivity index (χ2v) is 10.3. The van der Waals surface area contributed by atoms with Gasteiger partial charge in [0.15, 0.2) is 5.65 Å². The fraction of sp³-hybridized carbons (Fsp3) is 0.286. The summed E-state index contributed by atoms with van der Waals surface area (Å²) in [4.78, 5) is 34.9. The van der Waals surface area contributed by atoms with Gasteiger partial charge in [-0.15, -0.1) is 6.42 Å². The van der Waals surface area contributed by atoms with Crippen molar-refractivity contribution in [1.82, 2.24) is 19.1 Å². The summed E-state index contributed by atoms with van der Waals surface area (Å²) in [5, 5.41) is 0.723. The van der Waals surface area contributed by atoms with E-state index >= 15 is 0 Å². The number of rotatable bonds is 2. The molecule has 0 amide bonds. The molecule has 0 atom stereocenters. The van der Waals surface area contributed by atoms with Crippen molar-refractivity contribution in [3.05, 3.63) is 60.4 Å². The fourth-order valence-corrected chi connectivity index (χ4v) is 3.60. The highest BCUT2D eigenvalue weighted by atomic mass is 16.6. The van der Waals surface area contributed by atoms with Gasteiger partial charge in [-0.25, -0.2) is 19.6 Å². The Bertz CT molecular complexity index is 1510. The lowest BCUT2D eigenvalue weighted by atomic mass is 10.1. The Morgan fingerprint density at radius 2 is 1.39 bits per heavy atom. The van der Waals surface area contributed by atoms with E-state index in [0.29, 0.717) is 34.0 Å². The summed E-state index contributed by atoms with van der Waals surface area (Å²) in [5.74, 6) is 2.66. The summed E-state index contributed by atoms with van der Waals surface area (Å²) >= 11 is 0. The van der Waals surface area contributed by atoms with Crippen LogP contribution in [-0.2, 0) is 9.47 Å². The number of terminal acetylenes is 1. The van der Waals surface area contributed by atoms with Crippen LogP contribution in [-0.4, -0.2) is 42.5 Å². The van der Waals surface area contributed by atoms with Crippen LogP contribution in [0, 0.1) is 12.3 Å². The molecule has 0 radical (unpaired) electrons. The topological polar surface area (TPSA) is 88.2 Å². The molecule has 0 saturated heterocycles. The number of ether oxygens (including phenoxy) is 2. The summed E-state index contributed by atoms with van der Waals surface area (Å²) in [6.07, 6.45) is 7.99. The Morgan fingerprint density at radius 1 is 0.833 bits per heavy atom. The predicted molar refractivity (Wildman–Crippen MR) is 138 cm³/mol. The monoisotopic (exact) mass is 484 g/mol. The third kappa shape index (κ3) is 5.15. The maximum Gasteiger partial charge on any atom is 0.419 e. The van der Waals surface area contributed by atoms with E-state index in [1.807, 2.05) is 26.8 Å². The van der Waals surface area contributed by atoms with Crippen molar-refractivity contribution < 1.29 is 19.1 Å². The zero-order valence-electron chi connectivity index (χ0n) is 21.2. The van der Waals surface area contributed by atoms with Gasteiger partial charge in [0.1, 0.15) is 16.9 Å².